The molecule has 0 atom stereocenters. The summed E-state index contributed by atoms with van der Waals surface area (Å²) in [5.41, 5.74) is 1.68. The third-order valence-electron chi connectivity index (χ3n) is 2.94. The van der Waals surface area contributed by atoms with Crippen LogP contribution in [0.15, 0.2) is 36.5 Å². The Kier molecular flexibility index (Phi) is 5.30. The van der Waals surface area contributed by atoms with E-state index in [0.29, 0.717) is 12.5 Å². The minimum Gasteiger partial charge on any atom is -0.478 e. The summed E-state index contributed by atoms with van der Waals surface area (Å²) < 4.78 is 19.0. The predicted molar refractivity (Wildman–Crippen MR) is 82.4 cm³/mol. The lowest BCUT2D eigenvalue weighted by Crippen LogP contribution is -2.28. The van der Waals surface area contributed by atoms with Crippen LogP contribution in [0.2, 0.25) is 0 Å². The van der Waals surface area contributed by atoms with Crippen LogP contribution in [0.1, 0.15) is 18.1 Å². The Balaban J connectivity index is 1.95. The lowest BCUT2D eigenvalue weighted by Gasteiger charge is -2.11. The van der Waals surface area contributed by atoms with Crippen molar-refractivity contribution in [2.45, 2.75) is 20.4 Å². The Labute approximate surface area is 128 Å². The van der Waals surface area contributed by atoms with E-state index in [0.717, 1.165) is 11.1 Å². The first kappa shape index (κ1) is 15.8. The number of benzene rings is 1. The number of nitrogens with one attached hydrogen (secondary N) is 2. The van der Waals surface area contributed by atoms with Crippen LogP contribution in [-0.4, -0.2) is 17.6 Å². The van der Waals surface area contributed by atoms with E-state index in [1.54, 1.807) is 25.3 Å². The van der Waals surface area contributed by atoms with E-state index in [1.807, 2.05) is 13.0 Å². The highest BCUT2D eigenvalue weighted by molar-refractivity contribution is 5.89. The number of ether oxygens (including phenoxy) is 1. The highest BCUT2D eigenvalue weighted by Gasteiger charge is 2.09. The molecule has 5 nitrogen and oxygen atoms in total. The first-order valence-corrected chi connectivity index (χ1v) is 6.98. The molecule has 0 aliphatic rings. The largest absolute Gasteiger partial charge is 0.478 e. The van der Waals surface area contributed by atoms with Gasteiger partial charge in [-0.05, 0) is 37.6 Å². The number of anilines is 1. The molecule has 2 aromatic rings. The maximum Gasteiger partial charge on any atom is 0.319 e. The molecule has 1 aromatic carbocycles. The van der Waals surface area contributed by atoms with Gasteiger partial charge < -0.3 is 15.4 Å². The molecule has 2 amide bonds. The van der Waals surface area contributed by atoms with Gasteiger partial charge in [-0.1, -0.05) is 12.1 Å². The van der Waals surface area contributed by atoms with Crippen molar-refractivity contribution in [3.05, 3.63) is 53.5 Å². The lowest BCUT2D eigenvalue weighted by atomic mass is 10.2. The number of hydrogen-bond donors (Lipinski definition) is 2. The summed E-state index contributed by atoms with van der Waals surface area (Å²) in [6.45, 7) is 4.37. The molecule has 0 bridgehead atoms. The van der Waals surface area contributed by atoms with Crippen molar-refractivity contribution in [2.75, 3.05) is 11.9 Å². The Bertz CT molecular complexity index is 662. The van der Waals surface area contributed by atoms with E-state index in [9.17, 15) is 9.18 Å². The summed E-state index contributed by atoms with van der Waals surface area (Å²) >= 11 is 0. The molecule has 6 heteroatoms. The Morgan fingerprint density at radius 1 is 1.36 bits per heavy atom. The molecule has 0 radical (unpaired) electrons. The van der Waals surface area contributed by atoms with Crippen molar-refractivity contribution in [3.63, 3.8) is 0 Å². The van der Waals surface area contributed by atoms with E-state index in [4.69, 9.17) is 4.74 Å². The first-order valence-electron chi connectivity index (χ1n) is 6.98. The fourth-order valence-electron chi connectivity index (χ4n) is 1.89. The molecule has 22 heavy (non-hydrogen) atoms. The summed E-state index contributed by atoms with van der Waals surface area (Å²) in [5.74, 6) is 0.0124. The maximum absolute atomic E-state index is 13.7. The second-order valence-corrected chi connectivity index (χ2v) is 4.69. The van der Waals surface area contributed by atoms with E-state index in [1.165, 1.54) is 12.1 Å². The van der Waals surface area contributed by atoms with Gasteiger partial charge in [-0.2, -0.15) is 0 Å². The van der Waals surface area contributed by atoms with Crippen molar-refractivity contribution in [2.24, 2.45) is 0 Å². The van der Waals surface area contributed by atoms with Gasteiger partial charge in [0.2, 0.25) is 5.88 Å². The monoisotopic (exact) mass is 303 g/mol. The summed E-state index contributed by atoms with van der Waals surface area (Å²) in [5, 5.41) is 5.12. The number of urea groups is 1. The molecule has 0 aliphatic carbocycles. The summed E-state index contributed by atoms with van der Waals surface area (Å²) in [6, 6.07) is 7.70. The first-order chi connectivity index (χ1) is 10.6. The number of carbonyl (C=O) groups is 1. The van der Waals surface area contributed by atoms with Crippen molar-refractivity contribution >= 4 is 11.7 Å². The summed E-state index contributed by atoms with van der Waals surface area (Å²) in [4.78, 5) is 15.9. The average Bonchev–Trinajstić information content (AvgIpc) is 2.49. The van der Waals surface area contributed by atoms with Gasteiger partial charge in [-0.15, -0.1) is 0 Å². The highest BCUT2D eigenvalue weighted by atomic mass is 19.1. The SMILES string of the molecule is CCOc1ncccc1CNC(=O)Nc1ccc(C)cc1F. The normalized spacial score (nSPS) is 10.1. The quantitative estimate of drug-likeness (QED) is 0.891. The molecule has 0 saturated heterocycles. The minimum absolute atomic E-state index is 0.138. The molecule has 0 unspecified atom stereocenters. The molecule has 2 rings (SSSR count). The third kappa shape index (κ3) is 4.18. The van der Waals surface area contributed by atoms with Crippen LogP contribution in [0, 0.1) is 12.7 Å². The maximum atomic E-state index is 13.7. The van der Waals surface area contributed by atoms with Gasteiger partial charge in [0.05, 0.1) is 12.3 Å². The second-order valence-electron chi connectivity index (χ2n) is 4.69. The third-order valence-corrected chi connectivity index (χ3v) is 2.94. The zero-order valence-corrected chi connectivity index (χ0v) is 12.5. The number of hydrogen-bond acceptors (Lipinski definition) is 3. The van der Waals surface area contributed by atoms with Crippen LogP contribution in [0.25, 0.3) is 0 Å². The zero-order valence-electron chi connectivity index (χ0n) is 12.5. The van der Waals surface area contributed by atoms with Crippen LogP contribution in [0.3, 0.4) is 0 Å². The van der Waals surface area contributed by atoms with Crippen LogP contribution in [0.4, 0.5) is 14.9 Å². The molecule has 0 fully saturated rings. The van der Waals surface area contributed by atoms with Crippen LogP contribution in [0.5, 0.6) is 5.88 Å². The van der Waals surface area contributed by atoms with Crippen molar-refractivity contribution in [3.8, 4) is 5.88 Å². The predicted octanol–water partition coefficient (Wildman–Crippen LogP) is 3.25. The highest BCUT2D eigenvalue weighted by Crippen LogP contribution is 2.16. The van der Waals surface area contributed by atoms with Gasteiger partial charge in [0.1, 0.15) is 5.82 Å². The number of rotatable bonds is 5. The molecule has 0 spiro atoms. The van der Waals surface area contributed by atoms with Crippen LogP contribution >= 0.6 is 0 Å². The Morgan fingerprint density at radius 3 is 2.91 bits per heavy atom. The molecule has 2 N–H and O–H groups in total. The van der Waals surface area contributed by atoms with E-state index >= 15 is 0 Å². The molecule has 0 saturated carbocycles. The molecule has 0 aliphatic heterocycles. The van der Waals surface area contributed by atoms with E-state index < -0.39 is 11.8 Å². The summed E-state index contributed by atoms with van der Waals surface area (Å²) in [6.07, 6.45) is 1.62. The zero-order chi connectivity index (χ0) is 15.9. The second kappa shape index (κ2) is 7.40. The molecule has 116 valence electrons. The van der Waals surface area contributed by atoms with Gasteiger partial charge in [0, 0.05) is 18.3 Å². The standard InChI is InChI=1S/C16H18FN3O2/c1-3-22-15-12(5-4-8-18-15)10-19-16(21)20-14-7-6-11(2)9-13(14)17/h4-9H,3,10H2,1-2H3,(H2,19,20,21). The van der Waals surface area contributed by atoms with Gasteiger partial charge >= 0.3 is 6.03 Å². The van der Waals surface area contributed by atoms with E-state index in [2.05, 4.69) is 15.6 Å². The van der Waals surface area contributed by atoms with Gasteiger partial charge in [0.25, 0.3) is 0 Å². The number of pyridine rings is 1. The van der Waals surface area contributed by atoms with Crippen molar-refractivity contribution in [1.82, 2.24) is 10.3 Å². The van der Waals surface area contributed by atoms with E-state index in [-0.39, 0.29) is 12.2 Å². The molecule has 1 aromatic heterocycles. The number of aryl methyl sites for hydroxylation is 1. The minimum atomic E-state index is -0.492. The molecular formula is C16H18FN3O2. The van der Waals surface area contributed by atoms with Gasteiger partial charge in [-0.3, -0.25) is 0 Å². The van der Waals surface area contributed by atoms with Gasteiger partial charge in [-0.25, -0.2) is 14.2 Å². The average molecular weight is 303 g/mol. The topological polar surface area (TPSA) is 63.2 Å². The fourth-order valence-corrected chi connectivity index (χ4v) is 1.89. The van der Waals surface area contributed by atoms with Crippen LogP contribution in [-0.2, 0) is 6.54 Å². The number of aromatic nitrogens is 1. The number of carbonyl (C=O) groups excluding carboxylic acids is 1. The smallest absolute Gasteiger partial charge is 0.319 e. The lowest BCUT2D eigenvalue weighted by molar-refractivity contribution is 0.251. The molecular weight excluding hydrogens is 285 g/mol. The van der Waals surface area contributed by atoms with Crippen molar-refractivity contribution in [1.29, 1.82) is 0 Å². The number of amides is 2. The Hall–Kier alpha value is -2.63. The van der Waals surface area contributed by atoms with Crippen LogP contribution < -0.4 is 15.4 Å². The van der Waals surface area contributed by atoms with Crippen molar-refractivity contribution < 1.29 is 13.9 Å². The number of nitrogens with zero attached hydrogens (tertiary/aromatic N) is 1. The summed E-state index contributed by atoms with van der Waals surface area (Å²) in [7, 11) is 0. The number of halogens is 1. The van der Waals surface area contributed by atoms with Gasteiger partial charge in [0.15, 0.2) is 0 Å². The fraction of sp³-hybridized carbons (Fsp3) is 0.250. The Morgan fingerprint density at radius 2 is 2.18 bits per heavy atom. The molecule has 1 heterocycles.